The quantitative estimate of drug-likeness (QED) is 0.536. The summed E-state index contributed by atoms with van der Waals surface area (Å²) in [5, 5.41) is 3.72. The predicted molar refractivity (Wildman–Crippen MR) is 139 cm³/mol. The van der Waals surface area contributed by atoms with Gasteiger partial charge in [-0.25, -0.2) is 8.42 Å². The van der Waals surface area contributed by atoms with E-state index in [-0.39, 0.29) is 42.4 Å². The smallest absolute Gasteiger partial charge is 0.250 e. The molecule has 0 bridgehead atoms. The number of hydrogen-bond donors (Lipinski definition) is 1. The molecule has 0 radical (unpaired) electrons. The maximum atomic E-state index is 13.8. The van der Waals surface area contributed by atoms with Gasteiger partial charge in [0.05, 0.1) is 12.2 Å². The molecule has 3 fully saturated rings. The largest absolute Gasteiger partial charge is 0.352 e. The average molecular weight is 520 g/mol. The van der Waals surface area contributed by atoms with Gasteiger partial charge in [0.2, 0.25) is 21.8 Å². The van der Waals surface area contributed by atoms with Crippen molar-refractivity contribution in [2.45, 2.75) is 42.2 Å². The third kappa shape index (κ3) is 4.23. The number of rotatable bonds is 6. The zero-order valence-corrected chi connectivity index (χ0v) is 21.2. The molecule has 9 nitrogen and oxygen atoms in total. The first-order chi connectivity index (χ1) is 17.9. The number of sulfonamides is 1. The van der Waals surface area contributed by atoms with Crippen molar-refractivity contribution in [3.63, 3.8) is 0 Å². The molecule has 1 aromatic heterocycles. The molecule has 2 aliphatic heterocycles. The van der Waals surface area contributed by atoms with Crippen LogP contribution in [0.5, 0.6) is 0 Å². The zero-order chi connectivity index (χ0) is 25.6. The van der Waals surface area contributed by atoms with Crippen LogP contribution in [0, 0.1) is 0 Å². The molecule has 3 heterocycles. The lowest BCUT2D eigenvalue weighted by molar-refractivity contribution is -0.137. The van der Waals surface area contributed by atoms with Gasteiger partial charge >= 0.3 is 0 Å². The molecule has 2 aromatic carbocycles. The molecule has 3 aromatic rings. The van der Waals surface area contributed by atoms with Crippen LogP contribution in [0.4, 0.5) is 5.69 Å². The van der Waals surface area contributed by atoms with E-state index in [1.807, 2.05) is 47.4 Å². The summed E-state index contributed by atoms with van der Waals surface area (Å²) in [5.41, 5.74) is 0.432. The zero-order valence-electron chi connectivity index (χ0n) is 20.4. The Bertz CT molecular complexity index is 1440. The second-order valence-corrected chi connectivity index (χ2v) is 11.9. The Hall–Kier alpha value is -3.50. The Morgan fingerprint density at radius 1 is 1.00 bits per heavy atom. The minimum atomic E-state index is -3.81. The maximum absolute atomic E-state index is 13.8. The summed E-state index contributed by atoms with van der Waals surface area (Å²) in [5.74, 6) is -0.268. The fraction of sp³-hybridized carbons (Fsp3) is 0.370. The molecular weight excluding hydrogens is 490 g/mol. The molecule has 37 heavy (non-hydrogen) atoms. The van der Waals surface area contributed by atoms with Crippen molar-refractivity contribution < 1.29 is 18.0 Å². The molecule has 1 aliphatic carbocycles. The van der Waals surface area contributed by atoms with Crippen molar-refractivity contribution in [1.82, 2.24) is 19.5 Å². The van der Waals surface area contributed by atoms with Crippen molar-refractivity contribution in [1.29, 1.82) is 0 Å². The first-order valence-corrected chi connectivity index (χ1v) is 14.1. The fourth-order valence-corrected chi connectivity index (χ4v) is 7.12. The Morgan fingerprint density at radius 3 is 2.46 bits per heavy atom. The highest BCUT2D eigenvalue weighted by Gasteiger charge is 2.55. The van der Waals surface area contributed by atoms with Gasteiger partial charge in [-0.05, 0) is 49.9 Å². The SMILES string of the molecule is O=C(CN1CN(c2ccccc2)C2(CCN(S(=O)(=O)c3cccc4cccnc34)CC2)C1=O)NC1CC1. The average Bonchev–Trinajstić information content (AvgIpc) is 3.70. The number of hydrogen-bond acceptors (Lipinski definition) is 6. The molecule has 0 unspecified atom stereocenters. The third-order valence-electron chi connectivity index (χ3n) is 7.62. The van der Waals surface area contributed by atoms with Gasteiger partial charge in [0.1, 0.15) is 17.0 Å². The minimum absolute atomic E-state index is 0.00407. The molecule has 192 valence electrons. The number of nitrogens with zero attached hydrogens (tertiary/aromatic N) is 4. The highest BCUT2D eigenvalue weighted by atomic mass is 32.2. The van der Waals surface area contributed by atoms with E-state index in [0.717, 1.165) is 23.9 Å². The number of piperidine rings is 1. The van der Waals surface area contributed by atoms with Crippen LogP contribution >= 0.6 is 0 Å². The number of nitrogens with one attached hydrogen (secondary N) is 1. The summed E-state index contributed by atoms with van der Waals surface area (Å²) in [6.45, 7) is 0.691. The minimum Gasteiger partial charge on any atom is -0.352 e. The Labute approximate surface area is 216 Å². The molecular formula is C27H29N5O4S. The number of pyridine rings is 1. The molecule has 3 aliphatic rings. The molecule has 1 spiro atoms. The van der Waals surface area contributed by atoms with E-state index < -0.39 is 15.6 Å². The molecule has 2 saturated heterocycles. The normalized spacial score (nSPS) is 20.1. The summed E-state index contributed by atoms with van der Waals surface area (Å²) >= 11 is 0. The van der Waals surface area contributed by atoms with E-state index >= 15 is 0 Å². The number of carbonyl (C=O) groups is 2. The number of amides is 2. The van der Waals surface area contributed by atoms with Crippen LogP contribution < -0.4 is 10.2 Å². The topological polar surface area (TPSA) is 103 Å². The van der Waals surface area contributed by atoms with Gasteiger partial charge in [0.25, 0.3) is 0 Å². The summed E-state index contributed by atoms with van der Waals surface area (Å²) in [6.07, 6.45) is 4.22. The Morgan fingerprint density at radius 2 is 1.73 bits per heavy atom. The maximum Gasteiger partial charge on any atom is 0.250 e. The molecule has 10 heteroatoms. The van der Waals surface area contributed by atoms with Crippen LogP contribution in [0.1, 0.15) is 25.7 Å². The lowest BCUT2D eigenvalue weighted by atomic mass is 9.86. The van der Waals surface area contributed by atoms with Crippen molar-refractivity contribution in [2.24, 2.45) is 0 Å². The number of fused-ring (bicyclic) bond motifs is 1. The van der Waals surface area contributed by atoms with Crippen LogP contribution in [-0.2, 0) is 19.6 Å². The summed E-state index contributed by atoms with van der Waals surface area (Å²) in [7, 11) is -3.81. The van der Waals surface area contributed by atoms with Gasteiger partial charge < -0.3 is 15.1 Å². The van der Waals surface area contributed by atoms with Crippen molar-refractivity contribution >= 4 is 38.4 Å². The van der Waals surface area contributed by atoms with Gasteiger partial charge in [-0.3, -0.25) is 14.6 Å². The first-order valence-electron chi connectivity index (χ1n) is 12.6. The van der Waals surface area contributed by atoms with Crippen molar-refractivity contribution in [3.05, 3.63) is 66.9 Å². The van der Waals surface area contributed by atoms with E-state index in [1.54, 1.807) is 29.3 Å². The van der Waals surface area contributed by atoms with E-state index in [0.29, 0.717) is 25.0 Å². The van der Waals surface area contributed by atoms with Crippen molar-refractivity contribution in [2.75, 3.05) is 31.2 Å². The number of benzene rings is 2. The Balaban J connectivity index is 1.27. The highest BCUT2D eigenvalue weighted by molar-refractivity contribution is 7.89. The molecule has 1 N–H and O–H groups in total. The number of aromatic nitrogens is 1. The number of carbonyl (C=O) groups excluding carboxylic acids is 2. The van der Waals surface area contributed by atoms with Crippen LogP contribution in [0.15, 0.2) is 71.8 Å². The Kier molecular flexibility index (Phi) is 5.88. The lowest BCUT2D eigenvalue weighted by Crippen LogP contribution is -2.57. The predicted octanol–water partition coefficient (Wildman–Crippen LogP) is 2.34. The fourth-order valence-electron chi connectivity index (χ4n) is 5.52. The molecule has 6 rings (SSSR count). The number of para-hydroxylation sites is 2. The highest BCUT2D eigenvalue weighted by Crippen LogP contribution is 2.40. The van der Waals surface area contributed by atoms with Crippen LogP contribution in [0.3, 0.4) is 0 Å². The second kappa shape index (κ2) is 9.11. The third-order valence-corrected chi connectivity index (χ3v) is 9.55. The van der Waals surface area contributed by atoms with E-state index in [2.05, 4.69) is 10.3 Å². The van der Waals surface area contributed by atoms with Gasteiger partial charge in [0, 0.05) is 36.4 Å². The monoisotopic (exact) mass is 519 g/mol. The lowest BCUT2D eigenvalue weighted by Gasteiger charge is -2.42. The molecule has 2 amide bonds. The van der Waals surface area contributed by atoms with Gasteiger partial charge in [-0.2, -0.15) is 4.31 Å². The summed E-state index contributed by atoms with van der Waals surface area (Å²) < 4.78 is 28.8. The molecule has 1 saturated carbocycles. The van der Waals surface area contributed by atoms with Crippen LogP contribution in [0.2, 0.25) is 0 Å². The van der Waals surface area contributed by atoms with Gasteiger partial charge in [-0.15, -0.1) is 0 Å². The van der Waals surface area contributed by atoms with E-state index in [1.165, 1.54) is 4.31 Å². The van der Waals surface area contributed by atoms with Crippen LogP contribution in [-0.4, -0.2) is 72.3 Å². The standard InChI is InChI=1S/C27H29N5O4S/c33-24(29-21-11-12-21)18-30-19-32(22-8-2-1-3-9-22)27(26(30)34)13-16-31(17-14-27)37(35,36)23-10-4-6-20-7-5-15-28-25(20)23/h1-10,15,21H,11-14,16-19H2,(H,29,33). The summed E-state index contributed by atoms with van der Waals surface area (Å²) in [6, 6.07) is 18.7. The van der Waals surface area contributed by atoms with Gasteiger partial charge in [0.15, 0.2) is 0 Å². The summed E-state index contributed by atoms with van der Waals surface area (Å²) in [4.78, 5) is 34.5. The second-order valence-electron chi connectivity index (χ2n) is 10.0. The van der Waals surface area contributed by atoms with Crippen molar-refractivity contribution in [3.8, 4) is 0 Å². The van der Waals surface area contributed by atoms with Crippen LogP contribution in [0.25, 0.3) is 10.9 Å². The van der Waals surface area contributed by atoms with E-state index in [4.69, 9.17) is 0 Å². The first kappa shape index (κ1) is 23.9. The number of anilines is 1. The van der Waals surface area contributed by atoms with Gasteiger partial charge in [-0.1, -0.05) is 36.4 Å². The molecule has 0 atom stereocenters. The van der Waals surface area contributed by atoms with E-state index in [9.17, 15) is 18.0 Å².